The minimum absolute atomic E-state index is 0.0761. The summed E-state index contributed by atoms with van der Waals surface area (Å²) in [5.41, 5.74) is 1.88. The Bertz CT molecular complexity index is 932. The third-order valence-electron chi connectivity index (χ3n) is 3.97. The van der Waals surface area contributed by atoms with Gasteiger partial charge in [-0.1, -0.05) is 17.2 Å². The van der Waals surface area contributed by atoms with Crippen molar-refractivity contribution in [2.24, 2.45) is 0 Å². The lowest BCUT2D eigenvalue weighted by atomic mass is 9.97. The second-order valence-corrected chi connectivity index (χ2v) is 6.85. The van der Waals surface area contributed by atoms with E-state index in [0.29, 0.717) is 0 Å². The Kier molecular flexibility index (Phi) is 6.00. The van der Waals surface area contributed by atoms with Gasteiger partial charge < -0.3 is 25.2 Å². The van der Waals surface area contributed by atoms with E-state index in [4.69, 9.17) is 4.74 Å². The molecule has 144 valence electrons. The Morgan fingerprint density at radius 3 is 2.11 bits per heavy atom. The predicted molar refractivity (Wildman–Crippen MR) is 103 cm³/mol. The molecule has 0 saturated heterocycles. The molecule has 0 amide bonds. The lowest BCUT2D eigenvalue weighted by Crippen LogP contribution is -2.10. The van der Waals surface area contributed by atoms with Gasteiger partial charge in [0.2, 0.25) is 0 Å². The van der Waals surface area contributed by atoms with Crippen LogP contribution in [0.3, 0.4) is 0 Å². The van der Waals surface area contributed by atoms with Gasteiger partial charge in [0.15, 0.2) is 0 Å². The molecule has 0 aliphatic rings. The molecule has 6 heteroatoms. The maximum atomic E-state index is 12.1. The number of ether oxygens (including phenoxy) is 1. The molecule has 0 saturated carbocycles. The van der Waals surface area contributed by atoms with Crippen molar-refractivity contribution in [1.82, 2.24) is 0 Å². The molecule has 0 heterocycles. The highest BCUT2D eigenvalue weighted by molar-refractivity contribution is 6.02. The molecule has 6 nitrogen and oxygen atoms in total. The second-order valence-electron chi connectivity index (χ2n) is 6.85. The minimum atomic E-state index is -0.889. The first kappa shape index (κ1) is 20.2. The fraction of sp³-hybridized carbons (Fsp3) is 0.286. The number of carbonyl (C=O) groups is 1. The van der Waals surface area contributed by atoms with Crippen molar-refractivity contribution in [2.75, 3.05) is 0 Å². The maximum absolute atomic E-state index is 12.1. The molecule has 2 aromatic rings. The number of phenolic OH excluding ortho intramolecular Hbond substituents is 4. The van der Waals surface area contributed by atoms with Crippen LogP contribution in [0.25, 0.3) is 10.8 Å². The largest absolute Gasteiger partial charge is 0.507 e. The SMILES string of the molecule is CC(C)=CCC(OC(=O)C=C(C)C)c1cc(O)c2c(O)ccc(O)c2c1O. The van der Waals surface area contributed by atoms with E-state index in [2.05, 4.69) is 0 Å². The van der Waals surface area contributed by atoms with Crippen molar-refractivity contribution in [3.8, 4) is 23.0 Å². The van der Waals surface area contributed by atoms with E-state index in [-0.39, 0.29) is 45.8 Å². The first-order valence-electron chi connectivity index (χ1n) is 8.50. The number of phenols is 4. The summed E-state index contributed by atoms with van der Waals surface area (Å²) in [6, 6.07) is 3.66. The van der Waals surface area contributed by atoms with Gasteiger partial charge in [-0.15, -0.1) is 0 Å². The van der Waals surface area contributed by atoms with Gasteiger partial charge in [-0.05, 0) is 45.9 Å². The highest BCUT2D eigenvalue weighted by Crippen LogP contribution is 2.47. The first-order valence-corrected chi connectivity index (χ1v) is 8.50. The van der Waals surface area contributed by atoms with Gasteiger partial charge >= 0.3 is 5.97 Å². The van der Waals surface area contributed by atoms with E-state index in [1.165, 1.54) is 24.3 Å². The summed E-state index contributed by atoms with van der Waals surface area (Å²) in [5.74, 6) is -1.89. The van der Waals surface area contributed by atoms with E-state index in [9.17, 15) is 25.2 Å². The maximum Gasteiger partial charge on any atom is 0.331 e. The Balaban J connectivity index is 2.64. The van der Waals surface area contributed by atoms with Crippen molar-refractivity contribution in [3.05, 3.63) is 47.1 Å². The van der Waals surface area contributed by atoms with Crippen LogP contribution in [0.5, 0.6) is 23.0 Å². The number of rotatable bonds is 5. The number of hydrogen-bond donors (Lipinski definition) is 4. The van der Waals surface area contributed by atoms with Gasteiger partial charge in [-0.25, -0.2) is 4.79 Å². The van der Waals surface area contributed by atoms with E-state index in [1.807, 2.05) is 19.9 Å². The smallest absolute Gasteiger partial charge is 0.331 e. The number of hydrogen-bond acceptors (Lipinski definition) is 6. The number of benzene rings is 2. The van der Waals surface area contributed by atoms with Gasteiger partial charge in [0, 0.05) is 18.1 Å². The molecule has 1 atom stereocenters. The Morgan fingerprint density at radius 1 is 0.963 bits per heavy atom. The van der Waals surface area contributed by atoms with Crippen LogP contribution in [0, 0.1) is 0 Å². The third kappa shape index (κ3) is 4.53. The molecule has 0 fully saturated rings. The molecule has 2 rings (SSSR count). The van der Waals surface area contributed by atoms with Crippen LogP contribution in [-0.2, 0) is 9.53 Å². The lowest BCUT2D eigenvalue weighted by molar-refractivity contribution is -0.143. The van der Waals surface area contributed by atoms with Crippen LogP contribution in [0.2, 0.25) is 0 Å². The number of allylic oxidation sites excluding steroid dienone is 2. The van der Waals surface area contributed by atoms with Gasteiger partial charge in [-0.3, -0.25) is 0 Å². The summed E-state index contributed by atoms with van der Waals surface area (Å²) in [7, 11) is 0. The van der Waals surface area contributed by atoms with Crippen LogP contribution in [0.1, 0.15) is 45.8 Å². The zero-order chi connectivity index (χ0) is 20.3. The molecular weight excluding hydrogens is 348 g/mol. The number of aromatic hydroxyl groups is 4. The molecule has 0 aliphatic carbocycles. The monoisotopic (exact) mass is 372 g/mol. The van der Waals surface area contributed by atoms with Crippen molar-refractivity contribution in [1.29, 1.82) is 0 Å². The summed E-state index contributed by atoms with van der Waals surface area (Å²) in [6.07, 6.45) is 2.54. The van der Waals surface area contributed by atoms with E-state index < -0.39 is 12.1 Å². The molecule has 0 spiro atoms. The minimum Gasteiger partial charge on any atom is -0.507 e. The summed E-state index contributed by atoms with van der Waals surface area (Å²) < 4.78 is 5.48. The van der Waals surface area contributed by atoms with E-state index in [1.54, 1.807) is 13.8 Å². The molecule has 27 heavy (non-hydrogen) atoms. The summed E-state index contributed by atoms with van der Waals surface area (Å²) in [6.45, 7) is 7.28. The van der Waals surface area contributed by atoms with Crippen LogP contribution in [0.4, 0.5) is 0 Å². The summed E-state index contributed by atoms with van der Waals surface area (Å²) in [4.78, 5) is 12.1. The molecule has 0 aliphatic heterocycles. The molecule has 0 radical (unpaired) electrons. The second kappa shape index (κ2) is 8.03. The quantitative estimate of drug-likeness (QED) is 0.265. The van der Waals surface area contributed by atoms with Crippen LogP contribution < -0.4 is 0 Å². The van der Waals surface area contributed by atoms with Crippen molar-refractivity contribution in [3.63, 3.8) is 0 Å². The molecule has 2 aromatic carbocycles. The fourth-order valence-corrected chi connectivity index (χ4v) is 2.75. The zero-order valence-corrected chi connectivity index (χ0v) is 15.8. The van der Waals surface area contributed by atoms with Crippen LogP contribution >= 0.6 is 0 Å². The van der Waals surface area contributed by atoms with E-state index in [0.717, 1.165) is 11.1 Å². The van der Waals surface area contributed by atoms with Crippen LogP contribution in [0.15, 0.2) is 41.5 Å². The number of carbonyl (C=O) groups excluding carboxylic acids is 1. The highest BCUT2D eigenvalue weighted by atomic mass is 16.5. The Morgan fingerprint density at radius 2 is 1.56 bits per heavy atom. The Hall–Kier alpha value is -3.15. The van der Waals surface area contributed by atoms with Crippen molar-refractivity contribution < 1.29 is 30.0 Å². The Labute approximate surface area is 157 Å². The van der Waals surface area contributed by atoms with Crippen LogP contribution in [-0.4, -0.2) is 26.4 Å². The van der Waals surface area contributed by atoms with Crippen molar-refractivity contribution in [2.45, 2.75) is 40.2 Å². The fourth-order valence-electron chi connectivity index (χ4n) is 2.75. The zero-order valence-electron chi connectivity index (χ0n) is 15.8. The van der Waals surface area contributed by atoms with Gasteiger partial charge in [0.1, 0.15) is 29.1 Å². The topological polar surface area (TPSA) is 107 Å². The van der Waals surface area contributed by atoms with Crippen molar-refractivity contribution >= 4 is 16.7 Å². The molecular formula is C21H24O6. The average Bonchev–Trinajstić information content (AvgIpc) is 2.56. The van der Waals surface area contributed by atoms with E-state index >= 15 is 0 Å². The first-order chi connectivity index (χ1) is 12.6. The third-order valence-corrected chi connectivity index (χ3v) is 3.97. The lowest BCUT2D eigenvalue weighted by Gasteiger charge is -2.20. The van der Waals surface area contributed by atoms with Gasteiger partial charge in [0.25, 0.3) is 0 Å². The number of esters is 1. The summed E-state index contributed by atoms with van der Waals surface area (Å²) >= 11 is 0. The molecule has 0 aromatic heterocycles. The average molecular weight is 372 g/mol. The van der Waals surface area contributed by atoms with Gasteiger partial charge in [-0.2, -0.15) is 0 Å². The molecule has 4 N–H and O–H groups in total. The number of fused-ring (bicyclic) bond motifs is 1. The van der Waals surface area contributed by atoms with Gasteiger partial charge in [0.05, 0.1) is 10.8 Å². The summed E-state index contributed by atoms with van der Waals surface area (Å²) in [5, 5.41) is 40.9. The highest BCUT2D eigenvalue weighted by Gasteiger charge is 2.24. The predicted octanol–water partition coefficient (Wildman–Crippen LogP) is 4.57. The molecule has 1 unspecified atom stereocenters. The normalized spacial score (nSPS) is 11.7. The molecule has 0 bridgehead atoms. The standard InChI is InChI=1S/C21H24O6/c1-11(2)5-8-17(27-18(25)9-12(3)4)13-10-16(24)19-14(22)6-7-15(23)20(19)21(13)26/h5-7,9-10,17,22-24,26H,8H2,1-4H3.